The van der Waals surface area contributed by atoms with Crippen molar-refractivity contribution in [2.75, 3.05) is 55.9 Å². The van der Waals surface area contributed by atoms with Crippen molar-refractivity contribution in [3.8, 4) is 11.5 Å². The summed E-state index contributed by atoms with van der Waals surface area (Å²) in [6, 6.07) is 4.50. The van der Waals surface area contributed by atoms with Crippen LogP contribution in [0, 0.1) is 0 Å². The van der Waals surface area contributed by atoms with Gasteiger partial charge < -0.3 is 19.3 Å². The summed E-state index contributed by atoms with van der Waals surface area (Å²) in [5.41, 5.74) is 0.287. The average molecular weight is 379 g/mol. The normalized spacial score (nSPS) is 13.2. The van der Waals surface area contributed by atoms with Crippen LogP contribution >= 0.6 is 0 Å². The third kappa shape index (κ3) is 3.59. The van der Waals surface area contributed by atoms with E-state index >= 15 is 0 Å². The van der Waals surface area contributed by atoms with Crippen LogP contribution in [0.1, 0.15) is 0 Å². The minimum atomic E-state index is -3.84. The van der Waals surface area contributed by atoms with Crippen molar-refractivity contribution in [2.45, 2.75) is 4.90 Å². The van der Waals surface area contributed by atoms with Gasteiger partial charge in [0.2, 0.25) is 5.95 Å². The maximum Gasteiger partial charge on any atom is 0.262 e. The van der Waals surface area contributed by atoms with Crippen LogP contribution in [0.2, 0.25) is 0 Å². The molecule has 0 amide bonds. The second-order valence-corrected chi connectivity index (χ2v) is 7.79. The molecule has 2 aromatic rings. The molecule has 0 fully saturated rings. The molecule has 3 rings (SSSR count). The molecular weight excluding hydrogens is 358 g/mol. The average Bonchev–Trinajstić information content (AvgIpc) is 2.61. The lowest BCUT2D eigenvalue weighted by Crippen LogP contribution is -2.21. The third-order valence-corrected chi connectivity index (χ3v) is 5.01. The smallest absolute Gasteiger partial charge is 0.262 e. The fourth-order valence-electron chi connectivity index (χ4n) is 2.39. The first-order chi connectivity index (χ1) is 12.3. The summed E-state index contributed by atoms with van der Waals surface area (Å²) in [4.78, 5) is 12.1. The minimum absolute atomic E-state index is 0.0724. The van der Waals surface area contributed by atoms with Gasteiger partial charge in [-0.1, -0.05) is 0 Å². The predicted molar refractivity (Wildman–Crippen MR) is 98.9 cm³/mol. The largest absolute Gasteiger partial charge is 0.486 e. The first-order valence-electron chi connectivity index (χ1n) is 7.92. The van der Waals surface area contributed by atoms with Gasteiger partial charge in [0.05, 0.1) is 11.1 Å². The molecule has 0 spiro atoms. The Morgan fingerprint density at radius 1 is 1.04 bits per heavy atom. The molecule has 1 aromatic carbocycles. The van der Waals surface area contributed by atoms with Crippen LogP contribution in [0.25, 0.3) is 0 Å². The van der Waals surface area contributed by atoms with E-state index in [2.05, 4.69) is 14.7 Å². The van der Waals surface area contributed by atoms with Crippen molar-refractivity contribution in [1.29, 1.82) is 0 Å². The topological polar surface area (TPSA) is 96.9 Å². The molecular formula is C16H21N5O4S. The summed E-state index contributed by atoms with van der Waals surface area (Å²) in [6.07, 6.45) is 1.45. The van der Waals surface area contributed by atoms with E-state index in [4.69, 9.17) is 9.47 Å². The van der Waals surface area contributed by atoms with Gasteiger partial charge in [0.1, 0.15) is 18.9 Å². The lowest BCUT2D eigenvalue weighted by atomic mass is 10.3. The molecule has 26 heavy (non-hydrogen) atoms. The molecule has 0 saturated heterocycles. The van der Waals surface area contributed by atoms with Gasteiger partial charge in [-0.2, -0.15) is 4.98 Å². The number of hydrogen-bond donors (Lipinski definition) is 1. The highest BCUT2D eigenvalue weighted by atomic mass is 32.2. The molecule has 0 aliphatic carbocycles. The predicted octanol–water partition coefficient (Wildman–Crippen LogP) is 1.18. The molecule has 0 unspecified atom stereocenters. The van der Waals surface area contributed by atoms with Crippen LogP contribution in [-0.4, -0.2) is 59.8 Å². The van der Waals surface area contributed by atoms with Gasteiger partial charge in [-0.05, 0) is 12.1 Å². The minimum Gasteiger partial charge on any atom is -0.486 e. The second-order valence-electron chi connectivity index (χ2n) is 6.11. The Hall–Kier alpha value is -2.75. The van der Waals surface area contributed by atoms with Crippen LogP contribution < -0.4 is 24.0 Å². The molecule has 0 atom stereocenters. The number of nitrogens with one attached hydrogen (secondary N) is 1. The van der Waals surface area contributed by atoms with Crippen LogP contribution in [0.3, 0.4) is 0 Å². The van der Waals surface area contributed by atoms with E-state index in [-0.39, 0.29) is 10.6 Å². The van der Waals surface area contributed by atoms with Crippen molar-refractivity contribution < 1.29 is 17.9 Å². The third-order valence-electron chi connectivity index (χ3n) is 3.65. The van der Waals surface area contributed by atoms with Gasteiger partial charge in [-0.15, -0.1) is 0 Å². The van der Waals surface area contributed by atoms with E-state index in [0.717, 1.165) is 0 Å². The van der Waals surface area contributed by atoms with Crippen LogP contribution in [0.15, 0.2) is 29.3 Å². The van der Waals surface area contributed by atoms with Crippen LogP contribution in [0.4, 0.5) is 17.5 Å². The number of aromatic nitrogens is 2. The van der Waals surface area contributed by atoms with Crippen LogP contribution in [-0.2, 0) is 10.0 Å². The summed E-state index contributed by atoms with van der Waals surface area (Å²) in [5.74, 6) is 1.88. The first-order valence-corrected chi connectivity index (χ1v) is 9.40. The number of ether oxygens (including phenoxy) is 2. The Morgan fingerprint density at radius 3 is 2.38 bits per heavy atom. The Balaban J connectivity index is 1.94. The van der Waals surface area contributed by atoms with Crippen LogP contribution in [0.5, 0.6) is 11.5 Å². The molecule has 0 saturated carbocycles. The van der Waals surface area contributed by atoms with Crippen molar-refractivity contribution in [3.63, 3.8) is 0 Å². The number of rotatable bonds is 5. The SMILES string of the molecule is CN(C)c1ncc(NS(=O)(=O)c2ccc3c(c2)OCCO3)c(N(C)C)n1. The fourth-order valence-corrected chi connectivity index (χ4v) is 3.45. The highest BCUT2D eigenvalue weighted by molar-refractivity contribution is 7.92. The number of anilines is 3. The molecule has 140 valence electrons. The Labute approximate surface area is 152 Å². The van der Waals surface area contributed by atoms with Crippen molar-refractivity contribution in [2.24, 2.45) is 0 Å². The molecule has 1 aromatic heterocycles. The van der Waals surface area contributed by atoms with Gasteiger partial charge in [0, 0.05) is 34.3 Å². The monoisotopic (exact) mass is 379 g/mol. The fraction of sp³-hybridized carbons (Fsp3) is 0.375. The second kappa shape index (κ2) is 6.87. The Morgan fingerprint density at radius 2 is 1.73 bits per heavy atom. The lowest BCUT2D eigenvalue weighted by molar-refractivity contribution is 0.171. The number of hydrogen-bond acceptors (Lipinski definition) is 8. The zero-order chi connectivity index (χ0) is 18.9. The highest BCUT2D eigenvalue weighted by Crippen LogP contribution is 2.33. The van der Waals surface area contributed by atoms with Gasteiger partial charge in [-0.3, -0.25) is 4.72 Å². The Bertz CT molecular complexity index is 915. The summed E-state index contributed by atoms with van der Waals surface area (Å²) >= 11 is 0. The number of nitrogens with zero attached hydrogens (tertiary/aromatic N) is 4. The molecule has 0 radical (unpaired) electrons. The molecule has 1 aliphatic rings. The molecule has 10 heteroatoms. The van der Waals surface area contributed by atoms with E-state index in [0.29, 0.717) is 36.5 Å². The van der Waals surface area contributed by atoms with E-state index < -0.39 is 10.0 Å². The zero-order valence-electron chi connectivity index (χ0n) is 15.1. The van der Waals surface area contributed by atoms with E-state index in [1.807, 2.05) is 14.1 Å². The van der Waals surface area contributed by atoms with Gasteiger partial charge >= 0.3 is 0 Å². The molecule has 9 nitrogen and oxygen atoms in total. The van der Waals surface area contributed by atoms with Gasteiger partial charge in [0.15, 0.2) is 17.3 Å². The number of benzene rings is 1. The van der Waals surface area contributed by atoms with Crippen molar-refractivity contribution in [1.82, 2.24) is 9.97 Å². The maximum absolute atomic E-state index is 12.8. The molecule has 1 aliphatic heterocycles. The summed E-state index contributed by atoms with van der Waals surface area (Å²) in [7, 11) is 3.35. The van der Waals surface area contributed by atoms with E-state index in [1.165, 1.54) is 18.3 Å². The highest BCUT2D eigenvalue weighted by Gasteiger charge is 2.22. The van der Waals surface area contributed by atoms with E-state index in [1.54, 1.807) is 30.0 Å². The Kier molecular flexibility index (Phi) is 4.77. The van der Waals surface area contributed by atoms with Crippen molar-refractivity contribution >= 4 is 27.5 Å². The zero-order valence-corrected chi connectivity index (χ0v) is 15.9. The molecule has 2 heterocycles. The first kappa shape index (κ1) is 18.1. The summed E-state index contributed by atoms with van der Waals surface area (Å²) in [5, 5.41) is 0. The molecule has 0 bridgehead atoms. The number of sulfonamides is 1. The van der Waals surface area contributed by atoms with Gasteiger partial charge in [0.25, 0.3) is 10.0 Å². The van der Waals surface area contributed by atoms with Crippen molar-refractivity contribution in [3.05, 3.63) is 24.4 Å². The summed E-state index contributed by atoms with van der Waals surface area (Å²) < 4.78 is 39.0. The lowest BCUT2D eigenvalue weighted by Gasteiger charge is -2.21. The quantitative estimate of drug-likeness (QED) is 0.827. The number of fused-ring (bicyclic) bond motifs is 1. The maximum atomic E-state index is 12.8. The van der Waals surface area contributed by atoms with Gasteiger partial charge in [-0.25, -0.2) is 13.4 Å². The van der Waals surface area contributed by atoms with E-state index in [9.17, 15) is 8.42 Å². The molecule has 1 N–H and O–H groups in total. The summed E-state index contributed by atoms with van der Waals surface area (Å²) in [6.45, 7) is 0.827. The standard InChI is InChI=1S/C16H21N5O4S/c1-20(2)15-12(10-17-16(18-15)21(3)4)19-26(22,23)11-5-6-13-14(9-11)25-8-7-24-13/h5-6,9-10,19H,7-8H2,1-4H3.